The molecule has 0 radical (unpaired) electrons. The maximum absolute atomic E-state index is 13.1. The molecule has 0 aliphatic rings. The summed E-state index contributed by atoms with van der Waals surface area (Å²) in [5, 5.41) is 0.943. The number of aryl methyl sites for hydroxylation is 2. The smallest absolute Gasteiger partial charge is 0.261 e. The average molecular weight is 466 g/mol. The van der Waals surface area contributed by atoms with Gasteiger partial charge in [0.1, 0.15) is 0 Å². The van der Waals surface area contributed by atoms with Crippen molar-refractivity contribution in [1.82, 2.24) is 9.97 Å². The van der Waals surface area contributed by atoms with Crippen molar-refractivity contribution in [1.29, 1.82) is 0 Å². The van der Waals surface area contributed by atoms with E-state index in [0.717, 1.165) is 33.3 Å². The topological polar surface area (TPSA) is 72.0 Å². The number of fused-ring (bicyclic) bond motifs is 1. The largest absolute Gasteiger partial charge is 0.279 e. The second kappa shape index (κ2) is 8.72. The van der Waals surface area contributed by atoms with Crippen LogP contribution in [0.15, 0.2) is 102 Å². The molecule has 1 aromatic heterocycles. The zero-order valence-electron chi connectivity index (χ0n) is 18.9. The number of sulfonamides is 1. The number of hydrogen-bond donors (Lipinski definition) is 1. The number of hydrogen-bond acceptors (Lipinski definition) is 4. The van der Waals surface area contributed by atoms with E-state index >= 15 is 0 Å². The molecule has 0 amide bonds. The fraction of sp³-hybridized carbons (Fsp3) is 0.0714. The van der Waals surface area contributed by atoms with Crippen molar-refractivity contribution in [2.45, 2.75) is 18.7 Å². The van der Waals surface area contributed by atoms with Crippen LogP contribution in [0.1, 0.15) is 11.1 Å². The summed E-state index contributed by atoms with van der Waals surface area (Å²) in [5.74, 6) is 0.458. The highest BCUT2D eigenvalue weighted by Crippen LogP contribution is 2.33. The molecule has 5 aromatic rings. The molecule has 6 heteroatoms. The van der Waals surface area contributed by atoms with Crippen LogP contribution in [0.5, 0.6) is 0 Å². The van der Waals surface area contributed by atoms with Crippen LogP contribution in [0.25, 0.3) is 33.5 Å². The predicted molar refractivity (Wildman–Crippen MR) is 137 cm³/mol. The number of benzene rings is 4. The zero-order chi connectivity index (χ0) is 23.7. The Labute approximate surface area is 199 Å². The second-order valence-electron chi connectivity index (χ2n) is 8.25. The molecule has 0 saturated carbocycles. The highest BCUT2D eigenvalue weighted by molar-refractivity contribution is 7.92. The lowest BCUT2D eigenvalue weighted by atomic mass is 10.0. The first-order chi connectivity index (χ1) is 16.4. The first kappa shape index (κ1) is 21.8. The van der Waals surface area contributed by atoms with E-state index in [2.05, 4.69) is 4.72 Å². The van der Waals surface area contributed by atoms with Crippen LogP contribution in [-0.4, -0.2) is 18.4 Å². The second-order valence-corrected chi connectivity index (χ2v) is 9.93. The molecule has 5 rings (SSSR count). The van der Waals surface area contributed by atoms with Crippen molar-refractivity contribution in [2.75, 3.05) is 4.72 Å². The summed E-state index contributed by atoms with van der Waals surface area (Å²) >= 11 is 0. The summed E-state index contributed by atoms with van der Waals surface area (Å²) in [6.45, 7) is 3.94. The van der Waals surface area contributed by atoms with Gasteiger partial charge in [-0.25, -0.2) is 18.4 Å². The summed E-state index contributed by atoms with van der Waals surface area (Å²) in [7, 11) is -3.78. The molecule has 0 aliphatic heterocycles. The number of nitrogens with zero attached hydrogens (tertiary/aromatic N) is 2. The number of nitrogens with one attached hydrogen (secondary N) is 1. The van der Waals surface area contributed by atoms with Gasteiger partial charge >= 0.3 is 0 Å². The van der Waals surface area contributed by atoms with E-state index < -0.39 is 10.0 Å². The standard InChI is InChI=1S/C28H23N3O2S/c1-19-12-15-22(16-13-19)34(32,33)31-25-11-7-6-10-24(25)28-29-26-18-20(2)14-17-23(26)27(30-28)21-8-4-3-5-9-21/h3-18,31H,1-2H3. The van der Waals surface area contributed by atoms with Gasteiger partial charge in [-0.05, 0) is 49.7 Å². The molecule has 0 saturated heterocycles. The third-order valence-corrected chi connectivity index (χ3v) is 7.02. The Morgan fingerprint density at radius 2 is 1.38 bits per heavy atom. The van der Waals surface area contributed by atoms with Crippen molar-refractivity contribution in [3.05, 3.63) is 108 Å². The van der Waals surface area contributed by atoms with E-state index in [0.29, 0.717) is 17.1 Å². The Balaban J connectivity index is 1.66. The first-order valence-corrected chi connectivity index (χ1v) is 12.4. The van der Waals surface area contributed by atoms with E-state index in [1.807, 2.05) is 74.5 Å². The van der Waals surface area contributed by atoms with Gasteiger partial charge in [0.2, 0.25) is 0 Å². The molecule has 168 valence electrons. The maximum Gasteiger partial charge on any atom is 0.261 e. The Kier molecular flexibility index (Phi) is 5.59. The highest BCUT2D eigenvalue weighted by atomic mass is 32.2. The van der Waals surface area contributed by atoms with Gasteiger partial charge in [0, 0.05) is 16.5 Å². The minimum atomic E-state index is -3.78. The molecule has 5 nitrogen and oxygen atoms in total. The van der Waals surface area contributed by atoms with E-state index in [1.165, 1.54) is 0 Å². The fourth-order valence-corrected chi connectivity index (χ4v) is 4.94. The molecule has 1 N–H and O–H groups in total. The Morgan fingerprint density at radius 1 is 0.706 bits per heavy atom. The van der Waals surface area contributed by atoms with E-state index in [-0.39, 0.29) is 4.90 Å². The predicted octanol–water partition coefficient (Wildman–Crippen LogP) is 6.38. The lowest BCUT2D eigenvalue weighted by molar-refractivity contribution is 0.601. The van der Waals surface area contributed by atoms with Gasteiger partial charge in [-0.3, -0.25) is 4.72 Å². The fourth-order valence-electron chi connectivity index (χ4n) is 3.86. The number of rotatable bonds is 5. The average Bonchev–Trinajstić information content (AvgIpc) is 2.84. The molecule has 1 heterocycles. The Morgan fingerprint density at radius 3 is 2.15 bits per heavy atom. The summed E-state index contributed by atoms with van der Waals surface area (Å²) in [4.78, 5) is 9.92. The monoisotopic (exact) mass is 465 g/mol. The van der Waals surface area contributed by atoms with E-state index in [4.69, 9.17) is 9.97 Å². The van der Waals surface area contributed by atoms with Gasteiger partial charge in [0.05, 0.1) is 21.8 Å². The normalized spacial score (nSPS) is 11.5. The van der Waals surface area contributed by atoms with Gasteiger partial charge < -0.3 is 0 Å². The molecule has 4 aromatic carbocycles. The maximum atomic E-state index is 13.1. The van der Waals surface area contributed by atoms with Crippen molar-refractivity contribution in [3.63, 3.8) is 0 Å². The van der Waals surface area contributed by atoms with Crippen molar-refractivity contribution in [3.8, 4) is 22.6 Å². The summed E-state index contributed by atoms with van der Waals surface area (Å²) < 4.78 is 28.9. The van der Waals surface area contributed by atoms with Crippen LogP contribution < -0.4 is 4.72 Å². The van der Waals surface area contributed by atoms with Crippen molar-refractivity contribution >= 4 is 26.6 Å². The molecule has 0 unspecified atom stereocenters. The number of para-hydroxylation sites is 1. The van der Waals surface area contributed by atoms with Gasteiger partial charge in [0.25, 0.3) is 10.0 Å². The first-order valence-electron chi connectivity index (χ1n) is 10.9. The molecule has 0 atom stereocenters. The number of anilines is 1. The van der Waals surface area contributed by atoms with Crippen LogP contribution in [-0.2, 0) is 10.0 Å². The third kappa shape index (κ3) is 4.28. The van der Waals surface area contributed by atoms with Gasteiger partial charge in [-0.15, -0.1) is 0 Å². The molecular weight excluding hydrogens is 442 g/mol. The highest BCUT2D eigenvalue weighted by Gasteiger charge is 2.19. The van der Waals surface area contributed by atoms with Crippen LogP contribution in [0.2, 0.25) is 0 Å². The lowest BCUT2D eigenvalue weighted by Gasteiger charge is -2.14. The SMILES string of the molecule is Cc1ccc(S(=O)(=O)Nc2ccccc2-c2nc(-c3ccccc3)c3ccc(C)cc3n2)cc1. The van der Waals surface area contributed by atoms with Crippen LogP contribution in [0.3, 0.4) is 0 Å². The van der Waals surface area contributed by atoms with Crippen molar-refractivity contribution in [2.24, 2.45) is 0 Å². The molecular formula is C28H23N3O2S. The molecule has 0 fully saturated rings. The van der Waals surface area contributed by atoms with Crippen LogP contribution in [0, 0.1) is 13.8 Å². The third-order valence-electron chi connectivity index (χ3n) is 5.64. The van der Waals surface area contributed by atoms with E-state index in [9.17, 15) is 8.42 Å². The van der Waals surface area contributed by atoms with Gasteiger partial charge in [-0.1, -0.05) is 72.3 Å². The lowest BCUT2D eigenvalue weighted by Crippen LogP contribution is -2.14. The molecule has 0 aliphatic carbocycles. The minimum Gasteiger partial charge on any atom is -0.279 e. The van der Waals surface area contributed by atoms with Crippen LogP contribution >= 0.6 is 0 Å². The van der Waals surface area contributed by atoms with Gasteiger partial charge in [-0.2, -0.15) is 0 Å². The summed E-state index contributed by atoms with van der Waals surface area (Å²) in [6, 6.07) is 30.0. The number of aromatic nitrogens is 2. The quantitative estimate of drug-likeness (QED) is 0.327. The molecule has 0 spiro atoms. The summed E-state index contributed by atoms with van der Waals surface area (Å²) in [5.41, 5.74) is 5.69. The minimum absolute atomic E-state index is 0.202. The molecule has 0 bridgehead atoms. The molecule has 34 heavy (non-hydrogen) atoms. The van der Waals surface area contributed by atoms with Crippen LogP contribution in [0.4, 0.5) is 5.69 Å². The zero-order valence-corrected chi connectivity index (χ0v) is 19.7. The van der Waals surface area contributed by atoms with E-state index in [1.54, 1.807) is 36.4 Å². The summed E-state index contributed by atoms with van der Waals surface area (Å²) in [6.07, 6.45) is 0. The van der Waals surface area contributed by atoms with Crippen molar-refractivity contribution < 1.29 is 8.42 Å². The Bertz CT molecular complexity index is 1600. The Hall–Kier alpha value is -4.03. The van der Waals surface area contributed by atoms with Gasteiger partial charge in [0.15, 0.2) is 5.82 Å².